The van der Waals surface area contributed by atoms with E-state index in [9.17, 15) is 18.3 Å². The van der Waals surface area contributed by atoms with Crippen LogP contribution in [-0.4, -0.2) is 41.8 Å². The first-order valence-electron chi connectivity index (χ1n) is 8.34. The minimum atomic E-state index is -3.36. The van der Waals surface area contributed by atoms with Crippen LogP contribution in [0.15, 0.2) is 42.7 Å². The molecule has 0 bridgehead atoms. The fourth-order valence-electron chi connectivity index (χ4n) is 3.62. The first-order valence-corrected chi connectivity index (χ1v) is 10.2. The number of aliphatic carboxylic acids is 1. The van der Waals surface area contributed by atoms with E-state index in [1.54, 1.807) is 18.5 Å². The zero-order valence-electron chi connectivity index (χ0n) is 14.4. The Kier molecular flexibility index (Phi) is 5.06. The second-order valence-corrected chi connectivity index (χ2v) is 8.64. The minimum absolute atomic E-state index is 0.279. The molecular formula is C18H21N3O4S. The molecule has 0 radical (unpaired) electrons. The topological polar surface area (TPSA) is 109 Å². The van der Waals surface area contributed by atoms with Gasteiger partial charge < -0.3 is 5.11 Å². The lowest BCUT2D eigenvalue weighted by Gasteiger charge is -2.25. The Labute approximate surface area is 152 Å². The zero-order valence-corrected chi connectivity index (χ0v) is 15.2. The number of hydrogen-bond acceptors (Lipinski definition) is 5. The van der Waals surface area contributed by atoms with Gasteiger partial charge in [0.25, 0.3) is 0 Å². The molecule has 0 saturated heterocycles. The van der Waals surface area contributed by atoms with Crippen molar-refractivity contribution in [2.45, 2.75) is 31.7 Å². The maximum Gasteiger partial charge on any atom is 0.310 e. The first kappa shape index (κ1) is 18.5. The Hall–Kier alpha value is -2.32. The molecule has 0 unspecified atom stereocenters. The maximum atomic E-state index is 12.0. The van der Waals surface area contributed by atoms with E-state index in [-0.39, 0.29) is 12.5 Å². The molecule has 3 rings (SSSR count). The molecule has 0 aliphatic heterocycles. The van der Waals surface area contributed by atoms with E-state index in [2.05, 4.69) is 14.7 Å². The van der Waals surface area contributed by atoms with Crippen LogP contribution in [0.25, 0.3) is 11.4 Å². The number of benzene rings is 1. The van der Waals surface area contributed by atoms with Gasteiger partial charge >= 0.3 is 5.97 Å². The summed E-state index contributed by atoms with van der Waals surface area (Å²) in [7, 11) is -3.36. The smallest absolute Gasteiger partial charge is 0.310 e. The third-order valence-electron chi connectivity index (χ3n) is 4.74. The van der Waals surface area contributed by atoms with E-state index in [1.807, 2.05) is 24.3 Å². The fraction of sp³-hybridized carbons (Fsp3) is 0.389. The number of aromatic nitrogens is 2. The van der Waals surface area contributed by atoms with Gasteiger partial charge in [0.15, 0.2) is 5.82 Å². The van der Waals surface area contributed by atoms with Crippen LogP contribution in [0.2, 0.25) is 0 Å². The fourth-order valence-corrected chi connectivity index (χ4v) is 4.43. The molecule has 1 aromatic heterocycles. The lowest BCUT2D eigenvalue weighted by Crippen LogP contribution is -2.36. The summed E-state index contributed by atoms with van der Waals surface area (Å²) in [6.07, 6.45) is 5.98. The number of hydrogen-bond donors (Lipinski definition) is 2. The minimum Gasteiger partial charge on any atom is -0.481 e. The van der Waals surface area contributed by atoms with Crippen LogP contribution < -0.4 is 4.72 Å². The van der Waals surface area contributed by atoms with Crippen LogP contribution >= 0.6 is 0 Å². The Morgan fingerprint density at radius 2 is 2.04 bits per heavy atom. The number of carboxylic acid groups (broad SMARTS) is 1. The van der Waals surface area contributed by atoms with Gasteiger partial charge in [0.05, 0.1) is 11.7 Å². The molecule has 1 aliphatic rings. The van der Waals surface area contributed by atoms with Crippen LogP contribution in [0.3, 0.4) is 0 Å². The van der Waals surface area contributed by atoms with Crippen molar-refractivity contribution in [3.63, 3.8) is 0 Å². The van der Waals surface area contributed by atoms with E-state index in [1.165, 1.54) is 0 Å². The van der Waals surface area contributed by atoms with E-state index in [0.29, 0.717) is 25.1 Å². The summed E-state index contributed by atoms with van der Waals surface area (Å²) in [4.78, 5) is 20.4. The summed E-state index contributed by atoms with van der Waals surface area (Å²) in [6.45, 7) is 0. The first-order chi connectivity index (χ1) is 12.3. The van der Waals surface area contributed by atoms with Gasteiger partial charge in [-0.3, -0.25) is 4.79 Å². The number of carboxylic acids is 1. The van der Waals surface area contributed by atoms with Gasteiger partial charge in [0, 0.05) is 24.0 Å². The van der Waals surface area contributed by atoms with Crippen LogP contribution in [0.1, 0.15) is 24.8 Å². The molecule has 1 aliphatic carbocycles. The highest BCUT2D eigenvalue weighted by molar-refractivity contribution is 7.88. The van der Waals surface area contributed by atoms with Crippen molar-refractivity contribution in [2.75, 3.05) is 6.26 Å². The van der Waals surface area contributed by atoms with Gasteiger partial charge in [0.1, 0.15) is 0 Å². The van der Waals surface area contributed by atoms with Gasteiger partial charge in [-0.25, -0.2) is 23.1 Å². The van der Waals surface area contributed by atoms with E-state index < -0.39 is 21.4 Å². The predicted octanol–water partition coefficient (Wildman–Crippen LogP) is 1.86. The van der Waals surface area contributed by atoms with Crippen LogP contribution in [0, 0.1) is 5.41 Å². The summed E-state index contributed by atoms with van der Waals surface area (Å²) in [5.74, 6) is -0.307. The molecule has 2 N–H and O–H groups in total. The molecule has 2 atom stereocenters. The molecule has 2 aromatic rings. The summed E-state index contributed by atoms with van der Waals surface area (Å²) in [5.41, 5.74) is 0.725. The maximum absolute atomic E-state index is 12.0. The molecule has 138 valence electrons. The SMILES string of the molecule is CS(=O)(=O)N[C@H]1CC[C@](Cc2cccc(-c3ncccn3)c2)(C(=O)O)C1. The number of sulfonamides is 1. The zero-order chi connectivity index (χ0) is 18.8. The lowest BCUT2D eigenvalue weighted by molar-refractivity contribution is -0.148. The molecule has 8 heteroatoms. The van der Waals surface area contributed by atoms with E-state index >= 15 is 0 Å². The average Bonchev–Trinajstić information content (AvgIpc) is 2.98. The molecule has 7 nitrogen and oxygen atoms in total. The van der Waals surface area contributed by atoms with Crippen molar-refractivity contribution in [1.29, 1.82) is 0 Å². The van der Waals surface area contributed by atoms with E-state index in [0.717, 1.165) is 17.4 Å². The third kappa shape index (κ3) is 4.25. The molecule has 26 heavy (non-hydrogen) atoms. The van der Waals surface area contributed by atoms with E-state index in [4.69, 9.17) is 0 Å². The molecule has 0 spiro atoms. The summed E-state index contributed by atoms with van der Waals surface area (Å²) in [5, 5.41) is 9.83. The van der Waals surface area contributed by atoms with Gasteiger partial charge in [-0.1, -0.05) is 18.2 Å². The number of carbonyl (C=O) groups is 1. The Bertz CT molecular complexity index is 902. The number of nitrogens with one attached hydrogen (secondary N) is 1. The van der Waals surface area contributed by atoms with Gasteiger partial charge in [-0.05, 0) is 43.4 Å². The highest BCUT2D eigenvalue weighted by Crippen LogP contribution is 2.42. The largest absolute Gasteiger partial charge is 0.481 e. The lowest BCUT2D eigenvalue weighted by atomic mass is 9.79. The van der Waals surface area contributed by atoms with Crippen molar-refractivity contribution in [1.82, 2.24) is 14.7 Å². The second-order valence-electron chi connectivity index (χ2n) is 6.86. The van der Waals surface area contributed by atoms with Crippen LogP contribution in [0.5, 0.6) is 0 Å². The summed E-state index contributed by atoms with van der Waals surface area (Å²) >= 11 is 0. The van der Waals surface area contributed by atoms with Crippen molar-refractivity contribution in [3.05, 3.63) is 48.3 Å². The Morgan fingerprint density at radius 1 is 1.31 bits per heavy atom. The van der Waals surface area contributed by atoms with Crippen molar-refractivity contribution >= 4 is 16.0 Å². The molecule has 1 saturated carbocycles. The second kappa shape index (κ2) is 7.13. The molecule has 1 fully saturated rings. The average molecular weight is 375 g/mol. The molecule has 1 heterocycles. The van der Waals surface area contributed by atoms with Crippen molar-refractivity contribution in [2.24, 2.45) is 5.41 Å². The molecular weight excluding hydrogens is 354 g/mol. The molecule has 1 aromatic carbocycles. The highest BCUT2D eigenvalue weighted by atomic mass is 32.2. The van der Waals surface area contributed by atoms with Gasteiger partial charge in [-0.2, -0.15) is 0 Å². The highest BCUT2D eigenvalue weighted by Gasteiger charge is 2.46. The van der Waals surface area contributed by atoms with Gasteiger partial charge in [-0.15, -0.1) is 0 Å². The third-order valence-corrected chi connectivity index (χ3v) is 5.50. The van der Waals surface area contributed by atoms with Crippen LogP contribution in [-0.2, 0) is 21.2 Å². The number of nitrogens with zero attached hydrogens (tertiary/aromatic N) is 2. The van der Waals surface area contributed by atoms with Crippen molar-refractivity contribution < 1.29 is 18.3 Å². The van der Waals surface area contributed by atoms with Crippen LogP contribution in [0.4, 0.5) is 0 Å². The number of rotatable bonds is 6. The van der Waals surface area contributed by atoms with Crippen molar-refractivity contribution in [3.8, 4) is 11.4 Å². The normalized spacial score (nSPS) is 23.0. The Morgan fingerprint density at radius 3 is 2.69 bits per heavy atom. The van der Waals surface area contributed by atoms with Gasteiger partial charge in [0.2, 0.25) is 10.0 Å². The summed E-state index contributed by atoms with van der Waals surface area (Å²) < 4.78 is 25.5. The standard InChI is InChI=1S/C18H21N3O4S/c1-26(24,25)21-15-6-7-18(12-15,17(22)23)11-13-4-2-5-14(10-13)16-19-8-3-9-20-16/h2-5,8-10,15,21H,6-7,11-12H2,1H3,(H,22,23)/t15-,18+/m0/s1. The Balaban J connectivity index is 1.83. The monoisotopic (exact) mass is 375 g/mol. The summed E-state index contributed by atoms with van der Waals surface area (Å²) in [6, 6.07) is 8.92. The predicted molar refractivity (Wildman–Crippen MR) is 96.9 cm³/mol. The quantitative estimate of drug-likeness (QED) is 0.798. The molecule has 0 amide bonds.